The summed E-state index contributed by atoms with van der Waals surface area (Å²) in [7, 11) is 0. The van der Waals surface area contributed by atoms with Crippen molar-refractivity contribution in [3.63, 3.8) is 0 Å². The van der Waals surface area contributed by atoms with E-state index in [2.05, 4.69) is 4.52 Å². The van der Waals surface area contributed by atoms with Gasteiger partial charge in [0.15, 0.2) is 11.6 Å². The molecule has 0 amide bonds. The minimum atomic E-state index is -4.18. The fourth-order valence-electron chi connectivity index (χ4n) is 0.640. The van der Waals surface area contributed by atoms with Gasteiger partial charge in [0.1, 0.15) is 0 Å². The standard InChI is InChI=1S/C6H5ClFO3P/c7-12(9,10)11-6-4-2-1-3-5(6)8/h1-4H,(H,9,10). The molecule has 66 valence electrons. The summed E-state index contributed by atoms with van der Waals surface area (Å²) in [5, 5.41) is 0. The first-order valence-electron chi connectivity index (χ1n) is 2.95. The van der Waals surface area contributed by atoms with Crippen LogP contribution in [0.25, 0.3) is 0 Å². The summed E-state index contributed by atoms with van der Waals surface area (Å²) in [6.07, 6.45) is 0. The van der Waals surface area contributed by atoms with Crippen molar-refractivity contribution in [2.45, 2.75) is 0 Å². The van der Waals surface area contributed by atoms with Crippen molar-refractivity contribution in [3.8, 4) is 5.75 Å². The van der Waals surface area contributed by atoms with E-state index in [-0.39, 0.29) is 5.75 Å². The predicted molar refractivity (Wildman–Crippen MR) is 42.7 cm³/mol. The van der Waals surface area contributed by atoms with Gasteiger partial charge in [-0.2, -0.15) is 0 Å². The largest absolute Gasteiger partial charge is 0.474 e. The highest BCUT2D eigenvalue weighted by Crippen LogP contribution is 2.47. The molecule has 0 aliphatic rings. The number of para-hydroxylation sites is 1. The summed E-state index contributed by atoms with van der Waals surface area (Å²) in [6, 6.07) is 5.20. The van der Waals surface area contributed by atoms with E-state index in [1.54, 1.807) is 0 Å². The van der Waals surface area contributed by atoms with Gasteiger partial charge in [0, 0.05) is 11.2 Å². The lowest BCUT2D eigenvalue weighted by atomic mass is 10.3. The number of benzene rings is 1. The molecule has 0 aliphatic heterocycles. The monoisotopic (exact) mass is 210 g/mol. The molecule has 1 atom stereocenters. The Bertz CT molecular complexity index is 324. The van der Waals surface area contributed by atoms with Crippen LogP contribution in [-0.4, -0.2) is 4.89 Å². The van der Waals surface area contributed by atoms with Crippen LogP contribution in [0.3, 0.4) is 0 Å². The van der Waals surface area contributed by atoms with Gasteiger partial charge in [-0.3, -0.25) is 0 Å². The van der Waals surface area contributed by atoms with Gasteiger partial charge in [-0.15, -0.1) is 0 Å². The minimum Gasteiger partial charge on any atom is -0.410 e. The molecule has 0 aliphatic carbocycles. The second kappa shape index (κ2) is 3.44. The van der Waals surface area contributed by atoms with E-state index in [1.165, 1.54) is 18.2 Å². The van der Waals surface area contributed by atoms with Crippen LogP contribution in [0.15, 0.2) is 24.3 Å². The Balaban J connectivity index is 2.90. The Hall–Kier alpha value is -0.570. The Morgan fingerprint density at radius 3 is 2.58 bits per heavy atom. The molecule has 1 unspecified atom stereocenters. The Morgan fingerprint density at radius 1 is 1.50 bits per heavy atom. The molecular formula is C6H5ClFO3P. The second-order valence-electron chi connectivity index (χ2n) is 1.97. The van der Waals surface area contributed by atoms with Crippen molar-refractivity contribution in [1.29, 1.82) is 0 Å². The first kappa shape index (κ1) is 9.52. The van der Waals surface area contributed by atoms with Crippen molar-refractivity contribution < 1.29 is 18.4 Å². The van der Waals surface area contributed by atoms with Crippen LogP contribution in [0.5, 0.6) is 5.75 Å². The van der Waals surface area contributed by atoms with E-state index in [4.69, 9.17) is 16.1 Å². The van der Waals surface area contributed by atoms with Gasteiger partial charge in [0.25, 0.3) is 0 Å². The quantitative estimate of drug-likeness (QED) is 0.763. The molecule has 1 rings (SSSR count). The fraction of sp³-hybridized carbons (Fsp3) is 0. The number of rotatable bonds is 2. The molecule has 0 heterocycles. The molecule has 3 nitrogen and oxygen atoms in total. The van der Waals surface area contributed by atoms with Crippen LogP contribution >= 0.6 is 18.2 Å². The molecule has 1 aromatic rings. The zero-order chi connectivity index (χ0) is 9.19. The molecular weight excluding hydrogens is 205 g/mol. The van der Waals surface area contributed by atoms with Crippen molar-refractivity contribution in [3.05, 3.63) is 30.1 Å². The van der Waals surface area contributed by atoms with Gasteiger partial charge in [-0.25, -0.2) is 8.96 Å². The van der Waals surface area contributed by atoms with Gasteiger partial charge in [0.05, 0.1) is 0 Å². The van der Waals surface area contributed by atoms with Gasteiger partial charge in [0.2, 0.25) is 0 Å². The molecule has 6 heteroatoms. The van der Waals surface area contributed by atoms with Crippen molar-refractivity contribution >= 4 is 18.2 Å². The average molecular weight is 211 g/mol. The molecule has 1 aromatic carbocycles. The summed E-state index contributed by atoms with van der Waals surface area (Å²) in [4.78, 5) is 8.53. The molecule has 0 aromatic heterocycles. The Kier molecular flexibility index (Phi) is 2.73. The van der Waals surface area contributed by atoms with E-state index in [1.807, 2.05) is 0 Å². The molecule has 12 heavy (non-hydrogen) atoms. The predicted octanol–water partition coefficient (Wildman–Crippen LogP) is 2.54. The highest BCUT2D eigenvalue weighted by atomic mass is 35.7. The number of hydrogen-bond donors (Lipinski definition) is 1. The first-order valence-corrected chi connectivity index (χ1v) is 5.44. The maximum absolute atomic E-state index is 12.7. The zero-order valence-corrected chi connectivity index (χ0v) is 7.43. The average Bonchev–Trinajstić information content (AvgIpc) is 1.91. The highest BCUT2D eigenvalue weighted by Gasteiger charge is 2.17. The van der Waals surface area contributed by atoms with Gasteiger partial charge < -0.3 is 9.42 Å². The lowest BCUT2D eigenvalue weighted by molar-refractivity contribution is 0.389. The summed E-state index contributed by atoms with van der Waals surface area (Å²) >= 11 is 4.86. The Morgan fingerprint density at radius 2 is 2.08 bits per heavy atom. The van der Waals surface area contributed by atoms with E-state index in [0.717, 1.165) is 6.07 Å². The third-order valence-electron chi connectivity index (χ3n) is 1.05. The van der Waals surface area contributed by atoms with Crippen LogP contribution in [0.4, 0.5) is 4.39 Å². The minimum absolute atomic E-state index is 0.335. The Labute approximate surface area is 73.1 Å². The highest BCUT2D eigenvalue weighted by molar-refractivity contribution is 7.80. The topological polar surface area (TPSA) is 46.5 Å². The molecule has 0 spiro atoms. The van der Waals surface area contributed by atoms with E-state index in [0.29, 0.717) is 0 Å². The van der Waals surface area contributed by atoms with Crippen LogP contribution in [0, 0.1) is 5.82 Å². The molecule has 0 saturated carbocycles. The molecule has 0 bridgehead atoms. The number of hydrogen-bond acceptors (Lipinski definition) is 2. The third kappa shape index (κ3) is 2.81. The number of halogens is 2. The third-order valence-corrected chi connectivity index (χ3v) is 1.68. The summed E-state index contributed by atoms with van der Waals surface area (Å²) in [6.45, 7) is -4.18. The normalized spacial score (nSPS) is 15.2. The lowest BCUT2D eigenvalue weighted by Gasteiger charge is -2.05. The van der Waals surface area contributed by atoms with Crippen LogP contribution in [0.2, 0.25) is 0 Å². The molecule has 0 saturated heterocycles. The van der Waals surface area contributed by atoms with Gasteiger partial charge in [-0.1, -0.05) is 12.1 Å². The summed E-state index contributed by atoms with van der Waals surface area (Å²) < 4.78 is 27.4. The first-order chi connectivity index (χ1) is 5.49. The summed E-state index contributed by atoms with van der Waals surface area (Å²) in [5.41, 5.74) is 0. The summed E-state index contributed by atoms with van der Waals surface area (Å²) in [5.74, 6) is -1.06. The second-order valence-corrected chi connectivity index (χ2v) is 4.34. The van der Waals surface area contributed by atoms with Crippen LogP contribution < -0.4 is 4.52 Å². The molecule has 0 radical (unpaired) electrons. The molecule has 1 N–H and O–H groups in total. The van der Waals surface area contributed by atoms with E-state index < -0.39 is 12.8 Å². The smallest absolute Gasteiger partial charge is 0.410 e. The van der Waals surface area contributed by atoms with E-state index in [9.17, 15) is 8.96 Å². The molecule has 0 fully saturated rings. The van der Waals surface area contributed by atoms with Crippen molar-refractivity contribution in [2.75, 3.05) is 0 Å². The van der Waals surface area contributed by atoms with Crippen LogP contribution in [-0.2, 0) is 4.57 Å². The maximum Gasteiger partial charge on any atom is 0.474 e. The van der Waals surface area contributed by atoms with Crippen molar-refractivity contribution in [2.24, 2.45) is 0 Å². The SMILES string of the molecule is O=P(O)(Cl)Oc1ccccc1F. The maximum atomic E-state index is 12.7. The fourth-order valence-corrected chi connectivity index (χ4v) is 1.25. The van der Waals surface area contributed by atoms with Gasteiger partial charge in [-0.05, 0) is 12.1 Å². The van der Waals surface area contributed by atoms with Gasteiger partial charge >= 0.3 is 6.95 Å². The zero-order valence-electron chi connectivity index (χ0n) is 5.78. The van der Waals surface area contributed by atoms with Crippen LogP contribution in [0.1, 0.15) is 0 Å². The van der Waals surface area contributed by atoms with Crippen molar-refractivity contribution in [1.82, 2.24) is 0 Å². The lowest BCUT2D eigenvalue weighted by Crippen LogP contribution is -1.88. The van der Waals surface area contributed by atoms with E-state index >= 15 is 0 Å².